The van der Waals surface area contributed by atoms with Crippen LogP contribution in [0.3, 0.4) is 0 Å². The Morgan fingerprint density at radius 3 is 2.65 bits per heavy atom. The van der Waals surface area contributed by atoms with Gasteiger partial charge in [0.25, 0.3) is 5.91 Å². The average molecular weight is 420 g/mol. The predicted molar refractivity (Wildman–Crippen MR) is 120 cm³/mol. The molecular weight excluding hydrogens is 390 g/mol. The third kappa shape index (κ3) is 3.16. The van der Waals surface area contributed by atoms with Gasteiger partial charge in [0.15, 0.2) is 5.58 Å². The van der Waals surface area contributed by atoms with Crippen LogP contribution in [0.1, 0.15) is 55.6 Å². The molecule has 6 heteroatoms. The zero-order valence-electron chi connectivity index (χ0n) is 18.4. The molecule has 1 aliphatic heterocycles. The highest BCUT2D eigenvalue weighted by atomic mass is 16.3. The van der Waals surface area contributed by atoms with Crippen LogP contribution in [-0.2, 0) is 11.3 Å². The van der Waals surface area contributed by atoms with Gasteiger partial charge in [-0.1, -0.05) is 37.5 Å². The molecule has 5 rings (SSSR count). The molecule has 1 aromatic carbocycles. The number of carbonyl (C=O) groups excluding carboxylic acids is 2. The zero-order chi connectivity index (χ0) is 21.8. The minimum Gasteiger partial charge on any atom is -0.463 e. The monoisotopic (exact) mass is 419 g/mol. The Bertz CT molecular complexity index is 1140. The van der Waals surface area contributed by atoms with Gasteiger partial charge >= 0.3 is 0 Å². The van der Waals surface area contributed by atoms with Crippen LogP contribution >= 0.6 is 0 Å². The summed E-state index contributed by atoms with van der Waals surface area (Å²) < 4.78 is 7.47. The smallest absolute Gasteiger partial charge is 0.276 e. The molecule has 162 valence electrons. The van der Waals surface area contributed by atoms with Crippen molar-refractivity contribution < 1.29 is 14.0 Å². The van der Waals surface area contributed by atoms with Crippen molar-refractivity contribution in [1.82, 2.24) is 9.88 Å². The van der Waals surface area contributed by atoms with Crippen molar-refractivity contribution in [2.24, 2.45) is 5.92 Å². The summed E-state index contributed by atoms with van der Waals surface area (Å²) in [5, 5.41) is 3.31. The number of hydrogen-bond donors (Lipinski definition) is 1. The standard InChI is InChI=1S/C25H29N3O3/c1-16-8-10-18(11-9-16)28-23(29)21-14-22-20(12-13-31-22)27(21)15-25(28,3)24(30)26-19-7-5-4-6-17(19)2/h8-14,17,19H,4-7,15H2,1-3H3,(H,26,30)/t17-,19+,25+/m0/s1. The molecule has 0 bridgehead atoms. The van der Waals surface area contributed by atoms with Gasteiger partial charge in [0.1, 0.15) is 11.2 Å². The molecule has 2 aliphatic rings. The highest BCUT2D eigenvalue weighted by Crippen LogP contribution is 2.37. The molecule has 0 spiro atoms. The number of hydrogen-bond acceptors (Lipinski definition) is 3. The molecule has 3 atom stereocenters. The molecule has 0 unspecified atom stereocenters. The molecule has 1 N–H and O–H groups in total. The molecule has 3 aromatic rings. The summed E-state index contributed by atoms with van der Waals surface area (Å²) in [6.07, 6.45) is 6.08. The number of furan rings is 1. The fraction of sp³-hybridized carbons (Fsp3) is 0.440. The van der Waals surface area contributed by atoms with Crippen LogP contribution in [0, 0.1) is 12.8 Å². The van der Waals surface area contributed by atoms with E-state index in [1.807, 2.05) is 48.7 Å². The van der Waals surface area contributed by atoms with Crippen LogP contribution in [0.25, 0.3) is 11.1 Å². The fourth-order valence-electron chi connectivity index (χ4n) is 5.17. The van der Waals surface area contributed by atoms with Crippen molar-refractivity contribution >= 4 is 28.6 Å². The van der Waals surface area contributed by atoms with Crippen LogP contribution in [0.5, 0.6) is 0 Å². The lowest BCUT2D eigenvalue weighted by Crippen LogP contribution is -2.65. The molecule has 0 saturated heterocycles. The van der Waals surface area contributed by atoms with E-state index >= 15 is 0 Å². The SMILES string of the molecule is Cc1ccc(N2C(=O)c3cc4occc4n3C[C@]2(C)C(=O)N[C@@H]2CCCC[C@@H]2C)cc1. The van der Waals surface area contributed by atoms with Crippen LogP contribution in [0.2, 0.25) is 0 Å². The van der Waals surface area contributed by atoms with Crippen molar-refractivity contribution in [3.05, 3.63) is 53.9 Å². The number of carbonyl (C=O) groups is 2. The van der Waals surface area contributed by atoms with Gasteiger partial charge in [-0.25, -0.2) is 0 Å². The van der Waals surface area contributed by atoms with Gasteiger partial charge in [-0.05, 0) is 44.7 Å². The molecule has 1 fully saturated rings. The van der Waals surface area contributed by atoms with Gasteiger partial charge in [0.05, 0.1) is 18.3 Å². The van der Waals surface area contributed by atoms with Crippen LogP contribution in [0.15, 0.2) is 47.1 Å². The molecule has 1 saturated carbocycles. The third-order valence-corrected chi connectivity index (χ3v) is 7.11. The lowest BCUT2D eigenvalue weighted by Gasteiger charge is -2.45. The normalized spacial score (nSPS) is 26.2. The molecular formula is C25H29N3O3. The Balaban J connectivity index is 1.59. The number of fused-ring (bicyclic) bond motifs is 3. The largest absolute Gasteiger partial charge is 0.463 e. The summed E-state index contributed by atoms with van der Waals surface area (Å²) in [5.74, 6) is 0.156. The van der Waals surface area contributed by atoms with Crippen LogP contribution < -0.4 is 10.2 Å². The third-order valence-electron chi connectivity index (χ3n) is 7.11. The van der Waals surface area contributed by atoms with E-state index in [1.54, 1.807) is 17.2 Å². The maximum atomic E-state index is 13.8. The number of nitrogens with one attached hydrogen (secondary N) is 1. The second kappa shape index (κ2) is 7.29. The Morgan fingerprint density at radius 2 is 1.90 bits per heavy atom. The number of nitrogens with zero attached hydrogens (tertiary/aromatic N) is 2. The Morgan fingerprint density at radius 1 is 1.16 bits per heavy atom. The highest BCUT2D eigenvalue weighted by Gasteiger charge is 2.49. The van der Waals surface area contributed by atoms with E-state index in [9.17, 15) is 9.59 Å². The number of amides is 2. The summed E-state index contributed by atoms with van der Waals surface area (Å²) in [6.45, 7) is 6.47. The van der Waals surface area contributed by atoms with E-state index in [-0.39, 0.29) is 17.9 Å². The van der Waals surface area contributed by atoms with E-state index in [1.165, 1.54) is 6.42 Å². The summed E-state index contributed by atoms with van der Waals surface area (Å²) in [5.41, 5.74) is 2.84. The quantitative estimate of drug-likeness (QED) is 0.672. The second-order valence-corrected chi connectivity index (χ2v) is 9.38. The highest BCUT2D eigenvalue weighted by molar-refractivity contribution is 6.13. The predicted octanol–water partition coefficient (Wildman–Crippen LogP) is 4.66. The minimum atomic E-state index is -1.06. The van der Waals surface area contributed by atoms with E-state index in [0.717, 1.165) is 36.0 Å². The minimum absolute atomic E-state index is 0.101. The van der Waals surface area contributed by atoms with Gasteiger partial charge < -0.3 is 14.3 Å². The summed E-state index contributed by atoms with van der Waals surface area (Å²) >= 11 is 0. The molecule has 6 nitrogen and oxygen atoms in total. The van der Waals surface area contributed by atoms with Gasteiger partial charge in [-0.2, -0.15) is 0 Å². The van der Waals surface area contributed by atoms with Crippen LogP contribution in [-0.4, -0.2) is 28.0 Å². The Hall–Kier alpha value is -3.02. The summed E-state index contributed by atoms with van der Waals surface area (Å²) in [6, 6.07) is 11.6. The molecule has 2 amide bonds. The first-order valence-corrected chi connectivity index (χ1v) is 11.2. The van der Waals surface area contributed by atoms with E-state index in [4.69, 9.17) is 4.42 Å². The van der Waals surface area contributed by atoms with Gasteiger partial charge in [0, 0.05) is 23.9 Å². The molecule has 1 aliphatic carbocycles. The first-order chi connectivity index (χ1) is 14.9. The first kappa shape index (κ1) is 19.9. The van der Waals surface area contributed by atoms with E-state index in [0.29, 0.717) is 23.7 Å². The van der Waals surface area contributed by atoms with Crippen molar-refractivity contribution in [3.63, 3.8) is 0 Å². The number of anilines is 1. The van der Waals surface area contributed by atoms with E-state index in [2.05, 4.69) is 12.2 Å². The maximum absolute atomic E-state index is 13.8. The lowest BCUT2D eigenvalue weighted by molar-refractivity contribution is -0.127. The van der Waals surface area contributed by atoms with Crippen molar-refractivity contribution in [3.8, 4) is 0 Å². The first-order valence-electron chi connectivity index (χ1n) is 11.2. The fourth-order valence-corrected chi connectivity index (χ4v) is 5.17. The zero-order valence-corrected chi connectivity index (χ0v) is 18.4. The van der Waals surface area contributed by atoms with Crippen LogP contribution in [0.4, 0.5) is 5.69 Å². The van der Waals surface area contributed by atoms with Crippen molar-refractivity contribution in [1.29, 1.82) is 0 Å². The number of aryl methyl sites for hydroxylation is 1. The average Bonchev–Trinajstić information content (AvgIpc) is 3.33. The number of rotatable bonds is 3. The topological polar surface area (TPSA) is 67.5 Å². The Kier molecular flexibility index (Phi) is 4.68. The molecule has 3 heterocycles. The van der Waals surface area contributed by atoms with Crippen molar-refractivity contribution in [2.45, 2.75) is 64.6 Å². The molecule has 31 heavy (non-hydrogen) atoms. The Labute approximate surface area is 182 Å². The van der Waals surface area contributed by atoms with Gasteiger partial charge in [-0.15, -0.1) is 0 Å². The summed E-state index contributed by atoms with van der Waals surface area (Å²) in [7, 11) is 0. The number of aromatic nitrogens is 1. The molecule has 2 aromatic heterocycles. The molecule has 0 radical (unpaired) electrons. The van der Waals surface area contributed by atoms with E-state index < -0.39 is 5.54 Å². The maximum Gasteiger partial charge on any atom is 0.276 e. The van der Waals surface area contributed by atoms with Gasteiger partial charge in [0.2, 0.25) is 5.91 Å². The second-order valence-electron chi connectivity index (χ2n) is 9.38. The summed E-state index contributed by atoms with van der Waals surface area (Å²) in [4.78, 5) is 29.2. The lowest BCUT2D eigenvalue weighted by atomic mass is 9.84. The number of benzene rings is 1. The van der Waals surface area contributed by atoms with Crippen molar-refractivity contribution in [2.75, 3.05) is 4.90 Å². The van der Waals surface area contributed by atoms with Gasteiger partial charge in [-0.3, -0.25) is 14.5 Å².